The Bertz CT molecular complexity index is 635. The van der Waals surface area contributed by atoms with Crippen molar-refractivity contribution in [3.63, 3.8) is 0 Å². The summed E-state index contributed by atoms with van der Waals surface area (Å²) in [6.07, 6.45) is 4.13. The molecule has 5 nitrogen and oxygen atoms in total. The highest BCUT2D eigenvalue weighted by Crippen LogP contribution is 2.18. The molecule has 0 spiro atoms. The molecule has 0 saturated heterocycles. The Morgan fingerprint density at radius 1 is 1.17 bits per heavy atom. The maximum atomic E-state index is 12.2. The molecule has 0 fully saturated rings. The summed E-state index contributed by atoms with van der Waals surface area (Å²) in [4.78, 5) is 22.5. The minimum Gasteiger partial charge on any atom is -0.349 e. The molecule has 1 heterocycles. The van der Waals surface area contributed by atoms with Crippen molar-refractivity contribution in [1.82, 2.24) is 20.2 Å². The van der Waals surface area contributed by atoms with Crippen LogP contribution in [0.2, 0.25) is 0 Å². The third-order valence-electron chi connectivity index (χ3n) is 3.87. The van der Waals surface area contributed by atoms with Crippen LogP contribution >= 0.6 is 0 Å². The van der Waals surface area contributed by atoms with Gasteiger partial charge in [-0.3, -0.25) is 9.78 Å². The van der Waals surface area contributed by atoms with E-state index in [2.05, 4.69) is 51.4 Å². The molecule has 1 amide bonds. The van der Waals surface area contributed by atoms with E-state index in [0.717, 1.165) is 12.1 Å². The number of aryl methyl sites for hydroxylation is 2. The molecule has 1 atom stereocenters. The first-order valence-corrected chi connectivity index (χ1v) is 7.83. The van der Waals surface area contributed by atoms with Crippen molar-refractivity contribution in [3.05, 3.63) is 59.2 Å². The highest BCUT2D eigenvalue weighted by Gasteiger charge is 2.16. The Morgan fingerprint density at radius 2 is 1.87 bits per heavy atom. The van der Waals surface area contributed by atoms with Crippen LogP contribution in [0.4, 0.5) is 0 Å². The lowest BCUT2D eigenvalue weighted by Gasteiger charge is -2.25. The number of likely N-dealkylation sites (N-methyl/N-ethyl adjacent to an activating group) is 1. The fourth-order valence-corrected chi connectivity index (χ4v) is 2.36. The number of benzene rings is 1. The molecule has 0 unspecified atom stereocenters. The van der Waals surface area contributed by atoms with Gasteiger partial charge in [0.1, 0.15) is 5.69 Å². The summed E-state index contributed by atoms with van der Waals surface area (Å²) in [7, 11) is 4.02. The third-order valence-corrected chi connectivity index (χ3v) is 3.87. The lowest BCUT2D eigenvalue weighted by Crippen LogP contribution is -2.35. The van der Waals surface area contributed by atoms with Gasteiger partial charge in [0, 0.05) is 12.7 Å². The van der Waals surface area contributed by atoms with Crippen LogP contribution in [0.1, 0.15) is 40.3 Å². The Morgan fingerprint density at radius 3 is 2.39 bits per heavy atom. The standard InChI is InChI=1S/C18H24N4O/c1-5-14-6-8-15(9-7-14)17(22(3)4)12-21-18(23)16-11-19-13(2)10-20-16/h6-11,17H,5,12H2,1-4H3,(H,21,23)/t17-/m0/s1. The van der Waals surface area contributed by atoms with Crippen molar-refractivity contribution >= 4 is 5.91 Å². The number of amides is 1. The molecule has 1 N–H and O–H groups in total. The number of nitrogens with one attached hydrogen (secondary N) is 1. The maximum absolute atomic E-state index is 12.2. The SMILES string of the molecule is CCc1ccc([C@H](CNC(=O)c2cnc(C)cn2)N(C)C)cc1. The molecule has 0 aliphatic heterocycles. The lowest BCUT2D eigenvalue weighted by atomic mass is 10.0. The first-order chi connectivity index (χ1) is 11.0. The lowest BCUT2D eigenvalue weighted by molar-refractivity contribution is 0.0936. The number of hydrogen-bond acceptors (Lipinski definition) is 4. The largest absolute Gasteiger partial charge is 0.349 e. The van der Waals surface area contributed by atoms with Gasteiger partial charge in [-0.25, -0.2) is 4.98 Å². The summed E-state index contributed by atoms with van der Waals surface area (Å²) in [5, 5.41) is 2.94. The van der Waals surface area contributed by atoms with Crippen molar-refractivity contribution in [1.29, 1.82) is 0 Å². The molecule has 0 aliphatic carbocycles. The van der Waals surface area contributed by atoms with Gasteiger partial charge in [0.25, 0.3) is 5.91 Å². The summed E-state index contributed by atoms with van der Waals surface area (Å²) in [5.74, 6) is -0.200. The van der Waals surface area contributed by atoms with Crippen molar-refractivity contribution < 1.29 is 4.79 Å². The van der Waals surface area contributed by atoms with Gasteiger partial charge in [-0.1, -0.05) is 31.2 Å². The summed E-state index contributed by atoms with van der Waals surface area (Å²) in [5.41, 5.74) is 3.63. The maximum Gasteiger partial charge on any atom is 0.271 e. The van der Waals surface area contributed by atoms with E-state index in [4.69, 9.17) is 0 Å². The van der Waals surface area contributed by atoms with Crippen LogP contribution in [0.3, 0.4) is 0 Å². The zero-order valence-corrected chi connectivity index (χ0v) is 14.2. The molecule has 122 valence electrons. The van der Waals surface area contributed by atoms with Crippen LogP contribution in [0.5, 0.6) is 0 Å². The smallest absolute Gasteiger partial charge is 0.271 e. The van der Waals surface area contributed by atoms with Gasteiger partial charge in [-0.15, -0.1) is 0 Å². The molecule has 2 rings (SSSR count). The number of carbonyl (C=O) groups is 1. The summed E-state index contributed by atoms with van der Waals surface area (Å²) in [6.45, 7) is 4.50. The molecular formula is C18H24N4O. The molecule has 0 radical (unpaired) electrons. The van der Waals surface area contributed by atoms with Crippen LogP contribution in [-0.4, -0.2) is 41.4 Å². The van der Waals surface area contributed by atoms with Crippen LogP contribution < -0.4 is 5.32 Å². The first kappa shape index (κ1) is 17.1. The fraction of sp³-hybridized carbons (Fsp3) is 0.389. The molecular weight excluding hydrogens is 288 g/mol. The van der Waals surface area contributed by atoms with E-state index in [1.54, 1.807) is 6.20 Å². The molecule has 23 heavy (non-hydrogen) atoms. The number of hydrogen-bond donors (Lipinski definition) is 1. The Labute approximate surface area is 137 Å². The Kier molecular flexibility index (Phi) is 5.82. The quantitative estimate of drug-likeness (QED) is 0.890. The average Bonchev–Trinajstić information content (AvgIpc) is 2.55. The molecule has 0 bridgehead atoms. The molecule has 0 saturated carbocycles. The van der Waals surface area contributed by atoms with Gasteiger partial charge in [0.2, 0.25) is 0 Å². The van der Waals surface area contributed by atoms with Gasteiger partial charge >= 0.3 is 0 Å². The number of carbonyl (C=O) groups excluding carboxylic acids is 1. The Balaban J connectivity index is 2.04. The van der Waals surface area contributed by atoms with Gasteiger partial charge in [0.15, 0.2) is 0 Å². The Hall–Kier alpha value is -2.27. The zero-order valence-electron chi connectivity index (χ0n) is 14.2. The predicted octanol–water partition coefficient (Wildman–Crippen LogP) is 2.38. The second-order valence-corrected chi connectivity index (χ2v) is 5.83. The van der Waals surface area contributed by atoms with E-state index in [9.17, 15) is 4.79 Å². The van der Waals surface area contributed by atoms with Crippen LogP contribution in [0.25, 0.3) is 0 Å². The monoisotopic (exact) mass is 312 g/mol. The topological polar surface area (TPSA) is 58.1 Å². The van der Waals surface area contributed by atoms with Crippen LogP contribution in [0.15, 0.2) is 36.7 Å². The number of aromatic nitrogens is 2. The predicted molar refractivity (Wildman–Crippen MR) is 91.4 cm³/mol. The second kappa shape index (κ2) is 7.83. The first-order valence-electron chi connectivity index (χ1n) is 7.83. The summed E-state index contributed by atoms with van der Waals surface area (Å²) >= 11 is 0. The van der Waals surface area contributed by atoms with Gasteiger partial charge in [-0.2, -0.15) is 0 Å². The van der Waals surface area contributed by atoms with Gasteiger partial charge in [0.05, 0.1) is 17.9 Å². The van der Waals surface area contributed by atoms with E-state index in [0.29, 0.717) is 12.2 Å². The third kappa shape index (κ3) is 4.60. The second-order valence-electron chi connectivity index (χ2n) is 5.83. The molecule has 2 aromatic rings. The van der Waals surface area contributed by atoms with Crippen LogP contribution in [0, 0.1) is 6.92 Å². The highest BCUT2D eigenvalue weighted by atomic mass is 16.1. The van der Waals surface area contributed by atoms with E-state index >= 15 is 0 Å². The highest BCUT2D eigenvalue weighted by molar-refractivity contribution is 5.91. The minimum atomic E-state index is -0.200. The van der Waals surface area contributed by atoms with Crippen LogP contribution in [-0.2, 0) is 6.42 Å². The van der Waals surface area contributed by atoms with Crippen molar-refractivity contribution in [2.45, 2.75) is 26.3 Å². The summed E-state index contributed by atoms with van der Waals surface area (Å²) < 4.78 is 0. The van der Waals surface area contributed by atoms with E-state index < -0.39 is 0 Å². The zero-order chi connectivity index (χ0) is 16.8. The molecule has 0 aliphatic rings. The molecule has 1 aromatic heterocycles. The van der Waals surface area contributed by atoms with E-state index in [1.165, 1.54) is 17.3 Å². The average molecular weight is 312 g/mol. The fourth-order valence-electron chi connectivity index (χ4n) is 2.36. The number of nitrogens with zero attached hydrogens (tertiary/aromatic N) is 3. The van der Waals surface area contributed by atoms with Gasteiger partial charge < -0.3 is 10.2 Å². The van der Waals surface area contributed by atoms with Crippen molar-refractivity contribution in [2.75, 3.05) is 20.6 Å². The van der Waals surface area contributed by atoms with E-state index in [1.807, 2.05) is 21.0 Å². The van der Waals surface area contributed by atoms with E-state index in [-0.39, 0.29) is 11.9 Å². The normalized spacial score (nSPS) is 12.2. The number of rotatable bonds is 6. The summed E-state index contributed by atoms with van der Waals surface area (Å²) in [6, 6.07) is 8.64. The van der Waals surface area contributed by atoms with Crippen molar-refractivity contribution in [3.8, 4) is 0 Å². The minimum absolute atomic E-state index is 0.114. The van der Waals surface area contributed by atoms with Crippen molar-refractivity contribution in [2.24, 2.45) is 0 Å². The van der Waals surface area contributed by atoms with Gasteiger partial charge in [-0.05, 0) is 38.6 Å². The molecule has 1 aromatic carbocycles. The molecule has 5 heteroatoms.